The summed E-state index contributed by atoms with van der Waals surface area (Å²) in [4.78, 5) is 0. The Bertz CT molecular complexity index is 176. The SMILES string of the molecule is CC(CN)CS(=O)C1CCCCCC1. The highest BCUT2D eigenvalue weighted by molar-refractivity contribution is 7.85. The van der Waals surface area contributed by atoms with Crippen LogP contribution in [0.15, 0.2) is 0 Å². The van der Waals surface area contributed by atoms with E-state index in [9.17, 15) is 4.21 Å². The molecule has 84 valence electrons. The normalized spacial score (nSPS) is 24.1. The van der Waals surface area contributed by atoms with Crippen LogP contribution in [-0.4, -0.2) is 21.8 Å². The first-order chi connectivity index (χ1) is 6.74. The predicted octanol–water partition coefficient (Wildman–Crippen LogP) is 2.05. The molecule has 1 fully saturated rings. The fraction of sp³-hybridized carbons (Fsp3) is 1.00. The molecule has 0 aliphatic heterocycles. The van der Waals surface area contributed by atoms with Crippen molar-refractivity contribution in [3.8, 4) is 0 Å². The van der Waals surface area contributed by atoms with Crippen LogP contribution in [0.25, 0.3) is 0 Å². The van der Waals surface area contributed by atoms with Crippen molar-refractivity contribution in [2.24, 2.45) is 11.7 Å². The lowest BCUT2D eigenvalue weighted by molar-refractivity contribution is 0.614. The van der Waals surface area contributed by atoms with E-state index in [2.05, 4.69) is 6.92 Å². The van der Waals surface area contributed by atoms with Gasteiger partial charge in [0, 0.05) is 21.8 Å². The van der Waals surface area contributed by atoms with Crippen LogP contribution >= 0.6 is 0 Å². The van der Waals surface area contributed by atoms with E-state index in [0.717, 1.165) is 5.75 Å². The third-order valence-corrected chi connectivity index (χ3v) is 5.14. The van der Waals surface area contributed by atoms with Crippen molar-refractivity contribution < 1.29 is 4.21 Å². The van der Waals surface area contributed by atoms with E-state index in [1.54, 1.807) is 0 Å². The van der Waals surface area contributed by atoms with Gasteiger partial charge in [-0.2, -0.15) is 0 Å². The Morgan fingerprint density at radius 2 is 1.86 bits per heavy atom. The zero-order chi connectivity index (χ0) is 10.4. The summed E-state index contributed by atoms with van der Waals surface area (Å²) in [6.07, 6.45) is 7.55. The number of hydrogen-bond donors (Lipinski definition) is 1. The highest BCUT2D eigenvalue weighted by Gasteiger charge is 2.19. The van der Waals surface area contributed by atoms with Gasteiger partial charge in [0.15, 0.2) is 0 Å². The summed E-state index contributed by atoms with van der Waals surface area (Å²) in [5, 5.41) is 0.464. The molecule has 0 spiro atoms. The highest BCUT2D eigenvalue weighted by atomic mass is 32.2. The standard InChI is InChI=1S/C11H23NOS/c1-10(8-12)9-14(13)11-6-4-2-3-5-7-11/h10-11H,2-9,12H2,1H3. The van der Waals surface area contributed by atoms with Crippen molar-refractivity contribution in [3.63, 3.8) is 0 Å². The average Bonchev–Trinajstić information content (AvgIpc) is 2.45. The van der Waals surface area contributed by atoms with E-state index in [4.69, 9.17) is 5.73 Å². The van der Waals surface area contributed by atoms with Gasteiger partial charge in [0.2, 0.25) is 0 Å². The summed E-state index contributed by atoms with van der Waals surface area (Å²) in [7, 11) is -0.628. The number of nitrogens with two attached hydrogens (primary N) is 1. The second-order valence-electron chi connectivity index (χ2n) is 4.50. The molecule has 0 aromatic heterocycles. The van der Waals surface area contributed by atoms with Gasteiger partial charge in [-0.05, 0) is 25.3 Å². The zero-order valence-corrected chi connectivity index (χ0v) is 10.0. The first-order valence-corrected chi connectivity index (χ1v) is 7.19. The molecule has 2 unspecified atom stereocenters. The average molecular weight is 217 g/mol. The highest BCUT2D eigenvalue weighted by Crippen LogP contribution is 2.22. The molecule has 2 nitrogen and oxygen atoms in total. The van der Waals surface area contributed by atoms with Crippen LogP contribution in [0.4, 0.5) is 0 Å². The molecule has 1 aliphatic carbocycles. The van der Waals surface area contributed by atoms with Crippen LogP contribution in [0.3, 0.4) is 0 Å². The first kappa shape index (κ1) is 12.2. The van der Waals surface area contributed by atoms with Crippen LogP contribution in [0, 0.1) is 5.92 Å². The maximum atomic E-state index is 12.0. The minimum atomic E-state index is -0.628. The molecule has 0 bridgehead atoms. The molecule has 0 aromatic carbocycles. The largest absolute Gasteiger partial charge is 0.330 e. The fourth-order valence-corrected chi connectivity index (χ4v) is 3.82. The molecule has 0 amide bonds. The van der Waals surface area contributed by atoms with Gasteiger partial charge in [-0.15, -0.1) is 0 Å². The summed E-state index contributed by atoms with van der Waals surface area (Å²) in [5.41, 5.74) is 5.55. The van der Waals surface area contributed by atoms with Gasteiger partial charge in [0.05, 0.1) is 0 Å². The van der Waals surface area contributed by atoms with Gasteiger partial charge in [-0.3, -0.25) is 4.21 Å². The van der Waals surface area contributed by atoms with Crippen molar-refractivity contribution in [2.45, 2.75) is 50.7 Å². The van der Waals surface area contributed by atoms with Gasteiger partial charge >= 0.3 is 0 Å². The smallest absolute Gasteiger partial charge is 0.0348 e. The Balaban J connectivity index is 2.34. The topological polar surface area (TPSA) is 43.1 Å². The lowest BCUT2D eigenvalue weighted by atomic mass is 10.2. The molecule has 14 heavy (non-hydrogen) atoms. The minimum absolute atomic E-state index is 0.416. The van der Waals surface area contributed by atoms with Crippen molar-refractivity contribution in [1.29, 1.82) is 0 Å². The molecule has 0 heterocycles. The third-order valence-electron chi connectivity index (χ3n) is 3.03. The van der Waals surface area contributed by atoms with E-state index in [-0.39, 0.29) is 0 Å². The van der Waals surface area contributed by atoms with Crippen LogP contribution in [0.2, 0.25) is 0 Å². The van der Waals surface area contributed by atoms with Gasteiger partial charge in [-0.1, -0.05) is 32.6 Å². The lowest BCUT2D eigenvalue weighted by Gasteiger charge is -2.16. The first-order valence-electron chi connectivity index (χ1n) is 5.81. The van der Waals surface area contributed by atoms with Crippen LogP contribution in [0.1, 0.15) is 45.4 Å². The van der Waals surface area contributed by atoms with E-state index in [1.807, 2.05) is 0 Å². The van der Waals surface area contributed by atoms with Crippen LogP contribution in [0.5, 0.6) is 0 Å². The molecular formula is C11H23NOS. The number of hydrogen-bond acceptors (Lipinski definition) is 2. The molecule has 2 N–H and O–H groups in total. The molecule has 3 heteroatoms. The Kier molecular flexibility index (Phi) is 5.71. The molecule has 2 atom stereocenters. The van der Waals surface area contributed by atoms with Crippen LogP contribution < -0.4 is 5.73 Å². The molecule has 1 saturated carbocycles. The predicted molar refractivity (Wildman–Crippen MR) is 62.7 cm³/mol. The maximum Gasteiger partial charge on any atom is 0.0348 e. The second-order valence-corrected chi connectivity index (χ2v) is 6.26. The summed E-state index contributed by atoms with van der Waals surface area (Å²) in [6, 6.07) is 0. The Morgan fingerprint density at radius 1 is 1.29 bits per heavy atom. The maximum absolute atomic E-state index is 12.0. The van der Waals surface area contributed by atoms with Gasteiger partial charge in [0.25, 0.3) is 0 Å². The Labute approximate surface area is 90.1 Å². The Morgan fingerprint density at radius 3 is 2.36 bits per heavy atom. The van der Waals surface area contributed by atoms with Crippen molar-refractivity contribution in [1.82, 2.24) is 0 Å². The van der Waals surface area contributed by atoms with Crippen molar-refractivity contribution in [3.05, 3.63) is 0 Å². The summed E-state index contributed by atoms with van der Waals surface area (Å²) < 4.78 is 12.0. The number of rotatable bonds is 4. The van der Waals surface area contributed by atoms with Gasteiger partial charge in [-0.25, -0.2) is 0 Å². The molecule has 0 aromatic rings. The fourth-order valence-electron chi connectivity index (χ4n) is 1.99. The molecule has 0 saturated heterocycles. The minimum Gasteiger partial charge on any atom is -0.330 e. The van der Waals surface area contributed by atoms with Crippen molar-refractivity contribution >= 4 is 10.8 Å². The summed E-state index contributed by atoms with van der Waals surface area (Å²) in [5.74, 6) is 1.22. The second kappa shape index (κ2) is 6.57. The summed E-state index contributed by atoms with van der Waals surface area (Å²) >= 11 is 0. The summed E-state index contributed by atoms with van der Waals surface area (Å²) in [6.45, 7) is 2.76. The van der Waals surface area contributed by atoms with E-state index >= 15 is 0 Å². The zero-order valence-electron chi connectivity index (χ0n) is 9.21. The molecular weight excluding hydrogens is 194 g/mol. The molecule has 1 rings (SSSR count). The quantitative estimate of drug-likeness (QED) is 0.732. The van der Waals surface area contributed by atoms with Gasteiger partial charge < -0.3 is 5.73 Å². The molecule has 0 radical (unpaired) electrons. The van der Waals surface area contributed by atoms with E-state index < -0.39 is 10.8 Å². The third kappa shape index (κ3) is 4.09. The molecule has 1 aliphatic rings. The van der Waals surface area contributed by atoms with E-state index in [1.165, 1.54) is 38.5 Å². The van der Waals surface area contributed by atoms with Crippen LogP contribution in [-0.2, 0) is 10.8 Å². The van der Waals surface area contributed by atoms with Crippen molar-refractivity contribution in [2.75, 3.05) is 12.3 Å². The Hall–Kier alpha value is 0.110. The van der Waals surface area contributed by atoms with Gasteiger partial charge in [0.1, 0.15) is 0 Å². The lowest BCUT2D eigenvalue weighted by Crippen LogP contribution is -2.24. The van der Waals surface area contributed by atoms with E-state index in [0.29, 0.717) is 17.7 Å². The monoisotopic (exact) mass is 217 g/mol.